The lowest BCUT2D eigenvalue weighted by molar-refractivity contribution is 0.0979. The molecule has 0 amide bonds. The molecule has 0 saturated heterocycles. The third-order valence-electron chi connectivity index (χ3n) is 8.56. The molecule has 2 aromatic rings. The number of fused-ring (bicyclic) bond motifs is 2. The molecule has 0 heterocycles. The Labute approximate surface area is 244 Å². The van der Waals surface area contributed by atoms with Gasteiger partial charge in [-0.1, -0.05) is 153 Å². The van der Waals surface area contributed by atoms with Gasteiger partial charge in [-0.25, -0.2) is 0 Å². The maximum Gasteiger partial charge on any atom is 0.196 e. The molecule has 0 saturated carbocycles. The fourth-order valence-electron chi connectivity index (χ4n) is 6.09. The van der Waals surface area contributed by atoms with Crippen molar-refractivity contribution in [3.63, 3.8) is 0 Å². The lowest BCUT2D eigenvalue weighted by atomic mass is 9.81. The lowest BCUT2D eigenvalue weighted by Gasteiger charge is -2.23. The molecule has 0 atom stereocenters. The molecule has 3 heteroatoms. The minimum Gasteiger partial charge on any atom is -0.384 e. The minimum absolute atomic E-state index is 0.00953. The van der Waals surface area contributed by atoms with Gasteiger partial charge in [0.15, 0.2) is 11.6 Å². The summed E-state index contributed by atoms with van der Waals surface area (Å²) < 4.78 is 0. The molecule has 0 bridgehead atoms. The molecule has 0 aromatic heterocycles. The molecule has 0 radical (unpaired) electrons. The summed E-state index contributed by atoms with van der Waals surface area (Å²) in [5, 5.41) is 3.66. The van der Waals surface area contributed by atoms with Gasteiger partial charge in [0.25, 0.3) is 0 Å². The van der Waals surface area contributed by atoms with Crippen LogP contribution in [-0.4, -0.2) is 18.1 Å². The van der Waals surface area contributed by atoms with Crippen molar-refractivity contribution >= 4 is 17.3 Å². The number of carbonyl (C=O) groups excluding carboxylic acids is 2. The molecule has 1 N–H and O–H groups in total. The molecule has 1 aliphatic rings. The van der Waals surface area contributed by atoms with E-state index in [1.54, 1.807) is 12.1 Å². The molecule has 0 fully saturated rings. The Morgan fingerprint density at radius 1 is 0.500 bits per heavy atom. The minimum atomic E-state index is -0.0261. The van der Waals surface area contributed by atoms with Crippen molar-refractivity contribution in [2.75, 3.05) is 11.9 Å². The van der Waals surface area contributed by atoms with E-state index >= 15 is 0 Å². The molecule has 220 valence electrons. The Morgan fingerprint density at radius 3 is 1.52 bits per heavy atom. The summed E-state index contributed by atoms with van der Waals surface area (Å²) in [5.74, 6) is -0.0356. The number of rotatable bonds is 22. The van der Waals surface area contributed by atoms with E-state index in [1.165, 1.54) is 115 Å². The van der Waals surface area contributed by atoms with Crippen LogP contribution in [0.25, 0.3) is 0 Å². The molecule has 2 aromatic carbocycles. The Morgan fingerprint density at radius 2 is 0.975 bits per heavy atom. The smallest absolute Gasteiger partial charge is 0.196 e. The van der Waals surface area contributed by atoms with Crippen LogP contribution >= 0.6 is 0 Å². The third kappa shape index (κ3) is 9.89. The van der Waals surface area contributed by atoms with Crippen LogP contribution in [-0.2, 0) is 6.42 Å². The normalized spacial score (nSPS) is 12.4. The molecule has 3 nitrogen and oxygen atoms in total. The van der Waals surface area contributed by atoms with Crippen molar-refractivity contribution in [2.24, 2.45) is 0 Å². The highest BCUT2D eigenvalue weighted by Crippen LogP contribution is 2.35. The van der Waals surface area contributed by atoms with Crippen molar-refractivity contribution in [2.45, 2.75) is 142 Å². The highest BCUT2D eigenvalue weighted by atomic mass is 16.1. The molecule has 3 rings (SSSR count). The largest absolute Gasteiger partial charge is 0.384 e. The van der Waals surface area contributed by atoms with Crippen LogP contribution in [0.4, 0.5) is 5.69 Å². The van der Waals surface area contributed by atoms with E-state index in [9.17, 15) is 9.59 Å². The number of nitrogens with one attached hydrogen (secondary N) is 1. The summed E-state index contributed by atoms with van der Waals surface area (Å²) in [6.45, 7) is 5.39. The zero-order valence-corrected chi connectivity index (χ0v) is 25.6. The third-order valence-corrected chi connectivity index (χ3v) is 8.56. The molecule has 40 heavy (non-hydrogen) atoms. The van der Waals surface area contributed by atoms with Crippen molar-refractivity contribution in [3.8, 4) is 0 Å². The second kappa shape index (κ2) is 18.8. The highest BCUT2D eigenvalue weighted by molar-refractivity contribution is 6.30. The summed E-state index contributed by atoms with van der Waals surface area (Å²) in [6, 6.07) is 11.3. The molecule has 0 aliphatic heterocycles. The zero-order chi connectivity index (χ0) is 28.4. The number of unbranched alkanes of at least 4 members (excludes halogenated alkanes) is 17. The molecule has 0 spiro atoms. The van der Waals surface area contributed by atoms with Gasteiger partial charge in [0.1, 0.15) is 0 Å². The summed E-state index contributed by atoms with van der Waals surface area (Å²) in [5.41, 5.74) is 4.35. The van der Waals surface area contributed by atoms with Crippen LogP contribution < -0.4 is 5.32 Å². The second-order valence-electron chi connectivity index (χ2n) is 11.9. The van der Waals surface area contributed by atoms with Crippen LogP contribution in [0.5, 0.6) is 0 Å². The van der Waals surface area contributed by atoms with Gasteiger partial charge in [0.05, 0.1) is 5.56 Å². The summed E-state index contributed by atoms with van der Waals surface area (Å²) >= 11 is 0. The first-order valence-electron chi connectivity index (χ1n) is 16.8. The number of hydrogen-bond acceptors (Lipinski definition) is 3. The molecular formula is C37H55NO2. The average molecular weight is 546 g/mol. The Bertz CT molecular complexity index is 1040. The first kappa shape index (κ1) is 32.1. The second-order valence-corrected chi connectivity index (χ2v) is 11.9. The predicted octanol–water partition coefficient (Wildman–Crippen LogP) is 10.9. The lowest BCUT2D eigenvalue weighted by Crippen LogP contribution is -2.23. The monoisotopic (exact) mass is 545 g/mol. The number of carbonyl (C=O) groups is 2. The fourth-order valence-corrected chi connectivity index (χ4v) is 6.09. The SMILES string of the molecule is CCCCCCCCCCCCNc1c(CCCCCCCCCCC)ccc2c1C(=O)c1ccccc1C2=O. The van der Waals surface area contributed by atoms with E-state index in [0.717, 1.165) is 31.5 Å². The average Bonchev–Trinajstić information content (AvgIpc) is 2.98. The molecule has 1 aliphatic carbocycles. The van der Waals surface area contributed by atoms with Crippen LogP contribution in [0.3, 0.4) is 0 Å². The van der Waals surface area contributed by atoms with Crippen LogP contribution in [0, 0.1) is 0 Å². The van der Waals surface area contributed by atoms with Gasteiger partial charge < -0.3 is 5.32 Å². The molecular weight excluding hydrogens is 490 g/mol. The van der Waals surface area contributed by atoms with Gasteiger partial charge in [-0.05, 0) is 30.9 Å². The molecule has 0 unspecified atom stereocenters. The number of hydrogen-bond donors (Lipinski definition) is 1. The first-order valence-corrected chi connectivity index (χ1v) is 16.8. The van der Waals surface area contributed by atoms with Gasteiger partial charge in [-0.15, -0.1) is 0 Å². The summed E-state index contributed by atoms with van der Waals surface area (Å²) in [4.78, 5) is 27.0. The standard InChI is InChI=1S/C37H55NO2/c1-3-5-7-9-11-13-15-17-19-23-29-38-35-30(24-20-18-16-14-12-10-8-6-4-2)27-28-33-34(35)37(40)32-26-22-21-25-31(32)36(33)39/h21-22,25-28,38H,3-20,23-24,29H2,1-2H3. The van der Waals surface area contributed by atoms with E-state index in [4.69, 9.17) is 0 Å². The van der Waals surface area contributed by atoms with Gasteiger partial charge in [-0.2, -0.15) is 0 Å². The number of aryl methyl sites for hydroxylation is 1. The summed E-state index contributed by atoms with van der Waals surface area (Å²) in [6.07, 6.45) is 25.7. The summed E-state index contributed by atoms with van der Waals surface area (Å²) in [7, 11) is 0. The van der Waals surface area contributed by atoms with E-state index < -0.39 is 0 Å². The van der Waals surface area contributed by atoms with E-state index in [2.05, 4.69) is 25.2 Å². The van der Waals surface area contributed by atoms with Gasteiger partial charge in [0, 0.05) is 28.9 Å². The first-order chi connectivity index (χ1) is 19.7. The quantitative estimate of drug-likeness (QED) is 0.128. The Balaban J connectivity index is 1.56. The van der Waals surface area contributed by atoms with E-state index in [1.807, 2.05) is 18.2 Å². The van der Waals surface area contributed by atoms with Gasteiger partial charge in [0.2, 0.25) is 0 Å². The number of ketones is 2. The van der Waals surface area contributed by atoms with Gasteiger partial charge in [-0.3, -0.25) is 9.59 Å². The van der Waals surface area contributed by atoms with Crippen molar-refractivity contribution in [1.82, 2.24) is 0 Å². The maximum atomic E-state index is 13.7. The van der Waals surface area contributed by atoms with Crippen molar-refractivity contribution < 1.29 is 9.59 Å². The van der Waals surface area contributed by atoms with Crippen molar-refractivity contribution in [3.05, 3.63) is 64.2 Å². The topological polar surface area (TPSA) is 46.2 Å². The van der Waals surface area contributed by atoms with Gasteiger partial charge >= 0.3 is 0 Å². The van der Waals surface area contributed by atoms with Crippen LogP contribution in [0.15, 0.2) is 36.4 Å². The highest BCUT2D eigenvalue weighted by Gasteiger charge is 2.32. The number of benzene rings is 2. The predicted molar refractivity (Wildman–Crippen MR) is 171 cm³/mol. The van der Waals surface area contributed by atoms with Crippen LogP contribution in [0.1, 0.15) is 173 Å². The fraction of sp³-hybridized carbons (Fsp3) is 0.622. The maximum absolute atomic E-state index is 13.7. The Kier molecular flexibility index (Phi) is 15.1. The van der Waals surface area contributed by atoms with E-state index in [0.29, 0.717) is 22.3 Å². The zero-order valence-electron chi connectivity index (χ0n) is 25.6. The number of anilines is 1. The van der Waals surface area contributed by atoms with Crippen LogP contribution in [0.2, 0.25) is 0 Å². The van der Waals surface area contributed by atoms with Crippen molar-refractivity contribution in [1.29, 1.82) is 0 Å². The van der Waals surface area contributed by atoms with E-state index in [-0.39, 0.29) is 11.6 Å². The Hall–Kier alpha value is -2.42.